The second kappa shape index (κ2) is 5.86. The molecule has 0 spiro atoms. The van der Waals surface area contributed by atoms with Gasteiger partial charge in [0.1, 0.15) is 0 Å². The number of rotatable bonds is 5. The maximum Gasteiger partial charge on any atom is 0.0307 e. The standard InChI is InChI=1S/C15H27N/c1-3-16-15(12(2)13-10-11-13)14-8-6-4-5-7-9-14/h8,12-13,15-16H,3-7,9-11H2,1-2H3. The van der Waals surface area contributed by atoms with E-state index in [1.165, 1.54) is 44.9 Å². The van der Waals surface area contributed by atoms with Crippen molar-refractivity contribution < 1.29 is 0 Å². The summed E-state index contributed by atoms with van der Waals surface area (Å²) < 4.78 is 0. The van der Waals surface area contributed by atoms with Gasteiger partial charge >= 0.3 is 0 Å². The average molecular weight is 221 g/mol. The first kappa shape index (κ1) is 12.2. The maximum atomic E-state index is 3.73. The first-order valence-corrected chi connectivity index (χ1v) is 7.25. The fourth-order valence-electron chi connectivity index (χ4n) is 3.09. The van der Waals surface area contributed by atoms with Gasteiger partial charge < -0.3 is 5.32 Å². The van der Waals surface area contributed by atoms with Crippen LogP contribution in [-0.2, 0) is 0 Å². The molecule has 2 rings (SSSR count). The number of hydrogen-bond acceptors (Lipinski definition) is 1. The van der Waals surface area contributed by atoms with E-state index in [4.69, 9.17) is 0 Å². The van der Waals surface area contributed by atoms with E-state index in [1.54, 1.807) is 5.57 Å². The van der Waals surface area contributed by atoms with Gasteiger partial charge in [-0.25, -0.2) is 0 Å². The summed E-state index contributed by atoms with van der Waals surface area (Å²) >= 11 is 0. The van der Waals surface area contributed by atoms with E-state index in [0.717, 1.165) is 18.4 Å². The molecule has 0 amide bonds. The Morgan fingerprint density at radius 2 is 2.12 bits per heavy atom. The van der Waals surface area contributed by atoms with Crippen molar-refractivity contribution in [3.63, 3.8) is 0 Å². The zero-order valence-electron chi connectivity index (χ0n) is 11.0. The van der Waals surface area contributed by atoms with Gasteiger partial charge in [-0.15, -0.1) is 0 Å². The van der Waals surface area contributed by atoms with E-state index < -0.39 is 0 Å². The van der Waals surface area contributed by atoms with Gasteiger partial charge in [-0.2, -0.15) is 0 Å². The zero-order valence-corrected chi connectivity index (χ0v) is 11.0. The van der Waals surface area contributed by atoms with Crippen LogP contribution < -0.4 is 5.32 Å². The molecule has 0 saturated heterocycles. The summed E-state index contributed by atoms with van der Waals surface area (Å²) in [5.74, 6) is 1.86. The molecule has 0 aromatic heterocycles. The summed E-state index contributed by atoms with van der Waals surface area (Å²) in [7, 11) is 0. The summed E-state index contributed by atoms with van der Waals surface area (Å²) in [5.41, 5.74) is 1.72. The lowest BCUT2D eigenvalue weighted by Crippen LogP contribution is -2.37. The minimum absolute atomic E-state index is 0.676. The van der Waals surface area contributed by atoms with Crippen molar-refractivity contribution in [3.8, 4) is 0 Å². The van der Waals surface area contributed by atoms with Gasteiger partial charge in [-0.3, -0.25) is 0 Å². The van der Waals surface area contributed by atoms with Crippen molar-refractivity contribution in [1.82, 2.24) is 5.32 Å². The molecule has 1 fully saturated rings. The Kier molecular flexibility index (Phi) is 4.45. The molecule has 1 nitrogen and oxygen atoms in total. The Hall–Kier alpha value is -0.300. The van der Waals surface area contributed by atoms with E-state index in [0.29, 0.717) is 6.04 Å². The second-order valence-electron chi connectivity index (χ2n) is 5.61. The highest BCUT2D eigenvalue weighted by Gasteiger charge is 2.34. The Bertz CT molecular complexity index is 240. The van der Waals surface area contributed by atoms with Crippen LogP contribution >= 0.6 is 0 Å². The normalized spacial score (nSPS) is 25.8. The molecule has 0 aliphatic heterocycles. The first-order valence-electron chi connectivity index (χ1n) is 7.25. The summed E-state index contributed by atoms with van der Waals surface area (Å²) in [6.07, 6.45) is 12.4. The topological polar surface area (TPSA) is 12.0 Å². The molecular formula is C15H27N. The maximum absolute atomic E-state index is 3.73. The van der Waals surface area contributed by atoms with Crippen LogP contribution in [0.25, 0.3) is 0 Å². The van der Waals surface area contributed by atoms with Gasteiger partial charge in [0.25, 0.3) is 0 Å². The van der Waals surface area contributed by atoms with E-state index in [-0.39, 0.29) is 0 Å². The molecule has 0 heterocycles. The highest BCUT2D eigenvalue weighted by Crippen LogP contribution is 2.40. The molecule has 2 aliphatic rings. The highest BCUT2D eigenvalue weighted by molar-refractivity contribution is 5.15. The van der Waals surface area contributed by atoms with Gasteiger partial charge in [0.2, 0.25) is 0 Å². The van der Waals surface area contributed by atoms with Gasteiger partial charge in [0, 0.05) is 6.04 Å². The summed E-state index contributed by atoms with van der Waals surface area (Å²) in [6.45, 7) is 5.81. The third-order valence-electron chi connectivity index (χ3n) is 4.29. The number of allylic oxidation sites excluding steroid dienone is 1. The Morgan fingerprint density at radius 3 is 2.81 bits per heavy atom. The van der Waals surface area contributed by atoms with E-state index >= 15 is 0 Å². The van der Waals surface area contributed by atoms with Crippen molar-refractivity contribution in [1.29, 1.82) is 0 Å². The lowest BCUT2D eigenvalue weighted by Gasteiger charge is -2.27. The molecule has 2 unspecified atom stereocenters. The molecule has 0 aromatic rings. The summed E-state index contributed by atoms with van der Waals surface area (Å²) in [4.78, 5) is 0. The second-order valence-corrected chi connectivity index (χ2v) is 5.61. The van der Waals surface area contributed by atoms with Crippen molar-refractivity contribution in [2.45, 2.75) is 64.8 Å². The van der Waals surface area contributed by atoms with Crippen molar-refractivity contribution in [2.24, 2.45) is 11.8 Å². The summed E-state index contributed by atoms with van der Waals surface area (Å²) in [5, 5.41) is 3.73. The van der Waals surface area contributed by atoms with Crippen LogP contribution in [-0.4, -0.2) is 12.6 Å². The van der Waals surface area contributed by atoms with Crippen LogP contribution in [0.2, 0.25) is 0 Å². The largest absolute Gasteiger partial charge is 0.310 e. The quantitative estimate of drug-likeness (QED) is 0.694. The molecule has 16 heavy (non-hydrogen) atoms. The molecular weight excluding hydrogens is 194 g/mol. The lowest BCUT2D eigenvalue weighted by atomic mass is 9.88. The van der Waals surface area contributed by atoms with Crippen molar-refractivity contribution in [3.05, 3.63) is 11.6 Å². The molecule has 0 aromatic carbocycles. The first-order chi connectivity index (χ1) is 7.83. The lowest BCUT2D eigenvalue weighted by molar-refractivity contribution is 0.377. The molecule has 1 saturated carbocycles. The Balaban J connectivity index is 2.00. The smallest absolute Gasteiger partial charge is 0.0307 e. The third kappa shape index (κ3) is 3.10. The van der Waals surface area contributed by atoms with Crippen LogP contribution in [0.15, 0.2) is 11.6 Å². The van der Waals surface area contributed by atoms with Crippen LogP contribution in [0.4, 0.5) is 0 Å². The molecule has 2 atom stereocenters. The van der Waals surface area contributed by atoms with E-state index in [1.807, 2.05) is 0 Å². The minimum atomic E-state index is 0.676. The molecule has 1 N–H and O–H groups in total. The van der Waals surface area contributed by atoms with E-state index in [9.17, 15) is 0 Å². The highest BCUT2D eigenvalue weighted by atomic mass is 14.9. The van der Waals surface area contributed by atoms with Gasteiger partial charge in [0.05, 0.1) is 0 Å². The van der Waals surface area contributed by atoms with Crippen LogP contribution in [0.5, 0.6) is 0 Å². The minimum Gasteiger partial charge on any atom is -0.310 e. The predicted octanol–water partition coefficient (Wildman–Crippen LogP) is 3.90. The van der Waals surface area contributed by atoms with E-state index in [2.05, 4.69) is 25.2 Å². The number of nitrogens with one attached hydrogen (secondary N) is 1. The Morgan fingerprint density at radius 1 is 1.31 bits per heavy atom. The SMILES string of the molecule is CCNC(C1=CCCCCC1)C(C)C1CC1. The predicted molar refractivity (Wildman–Crippen MR) is 70.5 cm³/mol. The molecule has 2 aliphatic carbocycles. The zero-order chi connectivity index (χ0) is 11.4. The molecule has 1 heteroatoms. The fraction of sp³-hybridized carbons (Fsp3) is 0.867. The molecule has 0 bridgehead atoms. The Labute approximate surface area is 101 Å². The van der Waals surface area contributed by atoms with Crippen molar-refractivity contribution >= 4 is 0 Å². The van der Waals surface area contributed by atoms with Crippen LogP contribution in [0.3, 0.4) is 0 Å². The number of likely N-dealkylation sites (N-methyl/N-ethyl adjacent to an activating group) is 1. The molecule has 0 radical (unpaired) electrons. The fourth-order valence-corrected chi connectivity index (χ4v) is 3.09. The summed E-state index contributed by atoms with van der Waals surface area (Å²) in [6, 6.07) is 0.676. The van der Waals surface area contributed by atoms with Crippen molar-refractivity contribution in [2.75, 3.05) is 6.54 Å². The van der Waals surface area contributed by atoms with Crippen LogP contribution in [0, 0.1) is 11.8 Å². The third-order valence-corrected chi connectivity index (χ3v) is 4.29. The van der Waals surface area contributed by atoms with Crippen LogP contribution in [0.1, 0.15) is 58.8 Å². The molecule has 92 valence electrons. The number of hydrogen-bond donors (Lipinski definition) is 1. The average Bonchev–Trinajstić information content (AvgIpc) is 3.10. The monoisotopic (exact) mass is 221 g/mol. The van der Waals surface area contributed by atoms with Gasteiger partial charge in [0.15, 0.2) is 0 Å². The van der Waals surface area contributed by atoms with Gasteiger partial charge in [-0.1, -0.05) is 31.9 Å². The van der Waals surface area contributed by atoms with Gasteiger partial charge in [-0.05, 0) is 56.9 Å².